The third kappa shape index (κ3) is 3.28. The zero-order valence-electron chi connectivity index (χ0n) is 9.11. The third-order valence-electron chi connectivity index (χ3n) is 2.15. The molecule has 1 heterocycles. The summed E-state index contributed by atoms with van der Waals surface area (Å²) in [5.74, 6) is -0.941. The average molecular weight is 229 g/mol. The molecule has 0 aliphatic carbocycles. The molecule has 1 aromatic rings. The van der Waals surface area contributed by atoms with Gasteiger partial charge < -0.3 is 9.84 Å². The standard InChI is InChI=1S/C10H15NO3S/c1-7-8(15-6-11-7)4-5-14-10(2,3)9(12)13/h6H,4-5H2,1-3H3,(H,12,13). The highest BCUT2D eigenvalue weighted by Crippen LogP contribution is 2.15. The van der Waals surface area contributed by atoms with Crippen LogP contribution in [0.2, 0.25) is 0 Å². The molecule has 0 aliphatic rings. The highest BCUT2D eigenvalue weighted by Gasteiger charge is 2.27. The van der Waals surface area contributed by atoms with Crippen LogP contribution in [0.25, 0.3) is 0 Å². The molecule has 1 N–H and O–H groups in total. The molecule has 0 aliphatic heterocycles. The van der Waals surface area contributed by atoms with Gasteiger partial charge in [-0.1, -0.05) is 0 Å². The third-order valence-corrected chi connectivity index (χ3v) is 3.15. The van der Waals surface area contributed by atoms with Crippen LogP contribution in [0.15, 0.2) is 5.51 Å². The number of aliphatic carboxylic acids is 1. The molecule has 1 aromatic heterocycles. The van der Waals surface area contributed by atoms with Crippen LogP contribution in [0.4, 0.5) is 0 Å². The van der Waals surface area contributed by atoms with Gasteiger partial charge in [0.15, 0.2) is 5.60 Å². The largest absolute Gasteiger partial charge is 0.479 e. The van der Waals surface area contributed by atoms with Gasteiger partial charge >= 0.3 is 5.97 Å². The van der Waals surface area contributed by atoms with Gasteiger partial charge in [-0.25, -0.2) is 9.78 Å². The second-order valence-corrected chi connectivity index (χ2v) is 4.71. The summed E-state index contributed by atoms with van der Waals surface area (Å²) in [5.41, 5.74) is 1.67. The predicted molar refractivity (Wildman–Crippen MR) is 58.2 cm³/mol. The van der Waals surface area contributed by atoms with Crippen LogP contribution in [0, 0.1) is 6.92 Å². The van der Waals surface area contributed by atoms with Crippen LogP contribution in [-0.4, -0.2) is 28.3 Å². The van der Waals surface area contributed by atoms with E-state index in [9.17, 15) is 4.79 Å². The van der Waals surface area contributed by atoms with Crippen LogP contribution < -0.4 is 0 Å². The van der Waals surface area contributed by atoms with Crippen LogP contribution in [0.3, 0.4) is 0 Å². The number of carboxylic acids is 1. The van der Waals surface area contributed by atoms with E-state index in [4.69, 9.17) is 9.84 Å². The lowest BCUT2D eigenvalue weighted by atomic mass is 10.1. The Morgan fingerprint density at radius 1 is 1.67 bits per heavy atom. The topological polar surface area (TPSA) is 59.4 Å². The quantitative estimate of drug-likeness (QED) is 0.837. The molecule has 0 saturated heterocycles. The van der Waals surface area contributed by atoms with Gasteiger partial charge in [0.05, 0.1) is 17.8 Å². The zero-order chi connectivity index (χ0) is 11.5. The van der Waals surface area contributed by atoms with E-state index >= 15 is 0 Å². The summed E-state index contributed by atoms with van der Waals surface area (Å²) in [6, 6.07) is 0. The summed E-state index contributed by atoms with van der Waals surface area (Å²) in [7, 11) is 0. The van der Waals surface area contributed by atoms with E-state index in [-0.39, 0.29) is 0 Å². The number of nitrogens with zero attached hydrogens (tertiary/aromatic N) is 1. The minimum absolute atomic E-state index is 0.405. The summed E-state index contributed by atoms with van der Waals surface area (Å²) >= 11 is 1.57. The smallest absolute Gasteiger partial charge is 0.335 e. The highest BCUT2D eigenvalue weighted by atomic mass is 32.1. The molecular weight excluding hydrogens is 214 g/mol. The van der Waals surface area contributed by atoms with Gasteiger partial charge in [0.1, 0.15) is 0 Å². The van der Waals surface area contributed by atoms with Crippen LogP contribution in [-0.2, 0) is 16.0 Å². The fourth-order valence-electron chi connectivity index (χ4n) is 1.03. The summed E-state index contributed by atoms with van der Waals surface area (Å²) < 4.78 is 5.30. The molecule has 0 spiro atoms. The zero-order valence-corrected chi connectivity index (χ0v) is 9.93. The molecule has 4 nitrogen and oxygen atoms in total. The van der Waals surface area contributed by atoms with Gasteiger partial charge in [0, 0.05) is 11.3 Å². The number of rotatable bonds is 5. The number of aromatic nitrogens is 1. The lowest BCUT2D eigenvalue weighted by molar-refractivity contribution is -0.161. The van der Waals surface area contributed by atoms with Crippen molar-refractivity contribution in [3.8, 4) is 0 Å². The van der Waals surface area contributed by atoms with Crippen molar-refractivity contribution in [3.05, 3.63) is 16.1 Å². The second-order valence-electron chi connectivity index (χ2n) is 3.77. The molecule has 1 rings (SSSR count). The van der Waals surface area contributed by atoms with Gasteiger partial charge in [-0.2, -0.15) is 0 Å². The molecule has 84 valence electrons. The van der Waals surface area contributed by atoms with Gasteiger partial charge in [-0.15, -0.1) is 11.3 Å². The summed E-state index contributed by atoms with van der Waals surface area (Å²) in [4.78, 5) is 16.0. The Bertz CT molecular complexity index is 346. The van der Waals surface area contributed by atoms with Crippen LogP contribution in [0.1, 0.15) is 24.4 Å². The Morgan fingerprint density at radius 2 is 2.33 bits per heavy atom. The van der Waals surface area contributed by atoms with E-state index in [2.05, 4.69) is 4.98 Å². The van der Waals surface area contributed by atoms with Gasteiger partial charge in [0.2, 0.25) is 0 Å². The van der Waals surface area contributed by atoms with Crippen molar-refractivity contribution in [1.82, 2.24) is 4.98 Å². The lowest BCUT2D eigenvalue weighted by Crippen LogP contribution is -2.35. The Kier molecular flexibility index (Phi) is 3.82. The minimum Gasteiger partial charge on any atom is -0.479 e. The normalized spacial score (nSPS) is 11.7. The predicted octanol–water partition coefficient (Wildman–Crippen LogP) is 1.87. The summed E-state index contributed by atoms with van der Waals surface area (Å²) in [6.45, 7) is 5.44. The first kappa shape index (κ1) is 12.1. The van der Waals surface area contributed by atoms with Crippen molar-refractivity contribution in [2.75, 3.05) is 6.61 Å². The van der Waals surface area contributed by atoms with Crippen LogP contribution >= 0.6 is 11.3 Å². The van der Waals surface area contributed by atoms with E-state index in [1.54, 1.807) is 30.7 Å². The van der Waals surface area contributed by atoms with E-state index in [1.807, 2.05) is 6.92 Å². The first-order valence-electron chi connectivity index (χ1n) is 4.70. The Labute approximate surface area is 92.9 Å². The Balaban J connectivity index is 2.40. The van der Waals surface area contributed by atoms with Crippen molar-refractivity contribution < 1.29 is 14.6 Å². The molecule has 0 saturated carbocycles. The molecule has 0 fully saturated rings. The lowest BCUT2D eigenvalue weighted by Gasteiger charge is -2.19. The van der Waals surface area contributed by atoms with E-state index in [1.165, 1.54) is 0 Å². The molecule has 5 heteroatoms. The minimum atomic E-state index is -1.11. The van der Waals surface area contributed by atoms with Crippen LogP contribution in [0.5, 0.6) is 0 Å². The molecule has 0 aromatic carbocycles. The number of ether oxygens (including phenoxy) is 1. The molecule has 0 atom stereocenters. The molecule has 15 heavy (non-hydrogen) atoms. The number of hydrogen-bond acceptors (Lipinski definition) is 4. The molecular formula is C10H15NO3S. The van der Waals surface area contributed by atoms with Gasteiger partial charge in [-0.3, -0.25) is 0 Å². The highest BCUT2D eigenvalue weighted by molar-refractivity contribution is 7.09. The number of carboxylic acid groups (broad SMARTS) is 1. The SMILES string of the molecule is Cc1ncsc1CCOC(C)(C)C(=O)O. The molecule has 0 bridgehead atoms. The summed E-state index contributed by atoms with van der Waals surface area (Å²) in [6.07, 6.45) is 0.715. The second kappa shape index (κ2) is 4.72. The van der Waals surface area contributed by atoms with Gasteiger partial charge in [-0.05, 0) is 20.8 Å². The Hall–Kier alpha value is -0.940. The van der Waals surface area contributed by atoms with E-state index < -0.39 is 11.6 Å². The van der Waals surface area contributed by atoms with E-state index in [0.717, 1.165) is 10.6 Å². The summed E-state index contributed by atoms with van der Waals surface area (Å²) in [5, 5.41) is 8.82. The maximum atomic E-state index is 10.7. The number of hydrogen-bond donors (Lipinski definition) is 1. The monoisotopic (exact) mass is 229 g/mol. The van der Waals surface area contributed by atoms with Crippen molar-refractivity contribution in [1.29, 1.82) is 0 Å². The number of thiazole rings is 1. The first-order valence-corrected chi connectivity index (χ1v) is 5.58. The maximum Gasteiger partial charge on any atom is 0.335 e. The first-order chi connectivity index (χ1) is 6.93. The van der Waals surface area contributed by atoms with Crippen molar-refractivity contribution in [2.45, 2.75) is 32.8 Å². The number of aryl methyl sites for hydroxylation is 1. The van der Waals surface area contributed by atoms with Crippen molar-refractivity contribution in [2.24, 2.45) is 0 Å². The van der Waals surface area contributed by atoms with Gasteiger partial charge in [0.25, 0.3) is 0 Å². The van der Waals surface area contributed by atoms with Crippen molar-refractivity contribution in [3.63, 3.8) is 0 Å². The number of carbonyl (C=O) groups is 1. The fraction of sp³-hybridized carbons (Fsp3) is 0.600. The van der Waals surface area contributed by atoms with Crippen molar-refractivity contribution >= 4 is 17.3 Å². The van der Waals surface area contributed by atoms with E-state index in [0.29, 0.717) is 13.0 Å². The molecule has 0 radical (unpaired) electrons. The molecule has 0 unspecified atom stereocenters. The fourth-order valence-corrected chi connectivity index (χ4v) is 1.79. The molecule has 0 amide bonds. The maximum absolute atomic E-state index is 10.7. The Morgan fingerprint density at radius 3 is 2.80 bits per heavy atom. The average Bonchev–Trinajstić information content (AvgIpc) is 2.51.